The first kappa shape index (κ1) is 6.96. The summed E-state index contributed by atoms with van der Waals surface area (Å²) in [5.41, 5.74) is 5.62. The van der Waals surface area contributed by atoms with Crippen molar-refractivity contribution in [2.24, 2.45) is 11.7 Å². The minimum Gasteiger partial charge on any atom is -0.327 e. The van der Waals surface area contributed by atoms with E-state index in [1.54, 1.807) is 0 Å². The summed E-state index contributed by atoms with van der Waals surface area (Å²) in [6.45, 7) is 6.41. The zero-order valence-electron chi connectivity index (χ0n) is 5.44. The summed E-state index contributed by atoms with van der Waals surface area (Å²) >= 11 is 0. The first-order valence-corrected chi connectivity index (χ1v) is 2.94. The van der Waals surface area contributed by atoms with Crippen molar-refractivity contribution in [2.45, 2.75) is 33.2 Å². The van der Waals surface area contributed by atoms with Gasteiger partial charge in [-0.1, -0.05) is 20.8 Å². The van der Waals surface area contributed by atoms with Crippen LogP contribution in [0.5, 0.6) is 0 Å². The topological polar surface area (TPSA) is 26.0 Å². The molecule has 0 aliphatic rings. The van der Waals surface area contributed by atoms with E-state index in [9.17, 15) is 0 Å². The van der Waals surface area contributed by atoms with Gasteiger partial charge in [0.1, 0.15) is 0 Å². The van der Waals surface area contributed by atoms with Crippen molar-refractivity contribution in [1.29, 1.82) is 0 Å². The van der Waals surface area contributed by atoms with Crippen LogP contribution in [0.3, 0.4) is 0 Å². The van der Waals surface area contributed by atoms with Crippen LogP contribution < -0.4 is 5.73 Å². The third-order valence-electron chi connectivity index (χ3n) is 1.33. The predicted octanol–water partition coefficient (Wildman–Crippen LogP) is 1.38. The minimum absolute atomic E-state index is 0.403. The average Bonchev–Trinajstić information content (AvgIpc) is 1.65. The van der Waals surface area contributed by atoms with E-state index < -0.39 is 0 Å². The van der Waals surface area contributed by atoms with E-state index in [-0.39, 0.29) is 0 Å². The van der Waals surface area contributed by atoms with E-state index >= 15 is 0 Å². The Kier molecular flexibility index (Phi) is 3.01. The molecule has 0 aliphatic heterocycles. The fourth-order valence-electron chi connectivity index (χ4n) is 0.471. The highest BCUT2D eigenvalue weighted by Gasteiger charge is 2.01. The number of hydrogen-bond donors (Lipinski definition) is 1. The van der Waals surface area contributed by atoms with E-state index in [0.717, 1.165) is 6.42 Å². The molecule has 0 aromatic heterocycles. The second-order valence-electron chi connectivity index (χ2n) is 2.32. The van der Waals surface area contributed by atoms with Crippen LogP contribution in [0.4, 0.5) is 0 Å². The standard InChI is InChI=1S/C6H15N/c1-4-6(7)5(2)3/h5-6H,4,7H2,1-3H3/t6-/m0/s1. The van der Waals surface area contributed by atoms with E-state index in [4.69, 9.17) is 5.73 Å². The highest BCUT2D eigenvalue weighted by molar-refractivity contribution is 4.60. The zero-order valence-corrected chi connectivity index (χ0v) is 5.44. The molecular formula is C6H15N. The quantitative estimate of drug-likeness (QED) is 0.558. The second-order valence-corrected chi connectivity index (χ2v) is 2.32. The van der Waals surface area contributed by atoms with E-state index in [0.29, 0.717) is 12.0 Å². The largest absolute Gasteiger partial charge is 0.327 e. The Hall–Kier alpha value is -0.0400. The predicted molar refractivity (Wildman–Crippen MR) is 33.1 cm³/mol. The molecule has 0 saturated heterocycles. The summed E-state index contributed by atoms with van der Waals surface area (Å²) in [6, 6.07) is 0.403. The van der Waals surface area contributed by atoms with Crippen LogP contribution in [-0.2, 0) is 0 Å². The highest BCUT2D eigenvalue weighted by atomic mass is 14.6. The molecule has 0 aliphatic carbocycles. The highest BCUT2D eigenvalue weighted by Crippen LogP contribution is 1.99. The first-order chi connectivity index (χ1) is 3.18. The Morgan fingerprint density at radius 1 is 1.43 bits per heavy atom. The lowest BCUT2D eigenvalue weighted by Gasteiger charge is -2.10. The number of hydrogen-bond acceptors (Lipinski definition) is 1. The van der Waals surface area contributed by atoms with Crippen LogP contribution in [0.25, 0.3) is 0 Å². The molecule has 2 N–H and O–H groups in total. The van der Waals surface area contributed by atoms with Crippen LogP contribution in [0.1, 0.15) is 27.2 Å². The summed E-state index contributed by atoms with van der Waals surface area (Å²) in [7, 11) is 0. The fourth-order valence-corrected chi connectivity index (χ4v) is 0.471. The molecule has 0 saturated carbocycles. The van der Waals surface area contributed by atoms with E-state index in [1.807, 2.05) is 0 Å². The SMILES string of the molecule is CC[C@H](N)C(C)C. The molecule has 0 rings (SSSR count). The lowest BCUT2D eigenvalue weighted by Crippen LogP contribution is -2.24. The van der Waals surface area contributed by atoms with Gasteiger partial charge in [0.2, 0.25) is 0 Å². The summed E-state index contributed by atoms with van der Waals surface area (Å²) in [4.78, 5) is 0. The summed E-state index contributed by atoms with van der Waals surface area (Å²) in [5.74, 6) is 0.644. The Morgan fingerprint density at radius 3 is 1.86 bits per heavy atom. The molecular weight excluding hydrogens is 86.1 g/mol. The second kappa shape index (κ2) is 3.03. The van der Waals surface area contributed by atoms with Crippen LogP contribution in [0.2, 0.25) is 0 Å². The van der Waals surface area contributed by atoms with Gasteiger partial charge in [-0.15, -0.1) is 0 Å². The average molecular weight is 101 g/mol. The molecule has 1 heteroatoms. The Bertz CT molecular complexity index is 41.4. The van der Waals surface area contributed by atoms with Gasteiger partial charge in [0, 0.05) is 6.04 Å². The van der Waals surface area contributed by atoms with Crippen molar-refractivity contribution < 1.29 is 0 Å². The van der Waals surface area contributed by atoms with Crippen molar-refractivity contribution in [3.63, 3.8) is 0 Å². The molecule has 0 heterocycles. The van der Waals surface area contributed by atoms with Crippen molar-refractivity contribution in [3.8, 4) is 0 Å². The van der Waals surface area contributed by atoms with Gasteiger partial charge in [0.15, 0.2) is 0 Å². The van der Waals surface area contributed by atoms with Crippen molar-refractivity contribution in [2.75, 3.05) is 0 Å². The molecule has 0 amide bonds. The third-order valence-corrected chi connectivity index (χ3v) is 1.33. The lowest BCUT2D eigenvalue weighted by atomic mass is 10.0. The maximum atomic E-state index is 5.62. The molecule has 0 unspecified atom stereocenters. The Morgan fingerprint density at radius 2 is 1.86 bits per heavy atom. The van der Waals surface area contributed by atoms with Crippen LogP contribution in [0, 0.1) is 5.92 Å². The molecule has 1 nitrogen and oxygen atoms in total. The van der Waals surface area contributed by atoms with Crippen LogP contribution in [0.15, 0.2) is 0 Å². The molecule has 0 aromatic rings. The van der Waals surface area contributed by atoms with Gasteiger partial charge in [0.25, 0.3) is 0 Å². The Balaban J connectivity index is 3.14. The van der Waals surface area contributed by atoms with E-state index in [2.05, 4.69) is 20.8 Å². The van der Waals surface area contributed by atoms with Crippen molar-refractivity contribution in [3.05, 3.63) is 0 Å². The molecule has 0 radical (unpaired) electrons. The van der Waals surface area contributed by atoms with Gasteiger partial charge in [-0.2, -0.15) is 0 Å². The monoisotopic (exact) mass is 101 g/mol. The number of nitrogens with two attached hydrogens (primary N) is 1. The molecule has 0 bridgehead atoms. The molecule has 7 heavy (non-hydrogen) atoms. The van der Waals surface area contributed by atoms with Crippen LogP contribution >= 0.6 is 0 Å². The lowest BCUT2D eigenvalue weighted by molar-refractivity contribution is 0.481. The normalized spacial score (nSPS) is 15.0. The fraction of sp³-hybridized carbons (Fsp3) is 1.00. The van der Waals surface area contributed by atoms with E-state index in [1.165, 1.54) is 0 Å². The molecule has 0 spiro atoms. The van der Waals surface area contributed by atoms with Gasteiger partial charge in [-0.25, -0.2) is 0 Å². The third kappa shape index (κ3) is 2.63. The zero-order chi connectivity index (χ0) is 5.86. The molecule has 0 aromatic carbocycles. The first-order valence-electron chi connectivity index (χ1n) is 2.94. The summed E-state index contributed by atoms with van der Waals surface area (Å²) < 4.78 is 0. The van der Waals surface area contributed by atoms with Gasteiger partial charge in [-0.3, -0.25) is 0 Å². The van der Waals surface area contributed by atoms with Gasteiger partial charge < -0.3 is 5.73 Å². The van der Waals surface area contributed by atoms with Gasteiger partial charge in [-0.05, 0) is 12.3 Å². The summed E-state index contributed by atoms with van der Waals surface area (Å²) in [5, 5.41) is 0. The molecule has 44 valence electrons. The maximum Gasteiger partial charge on any atom is 0.00592 e. The number of rotatable bonds is 2. The summed E-state index contributed by atoms with van der Waals surface area (Å²) in [6.07, 6.45) is 1.09. The van der Waals surface area contributed by atoms with Crippen molar-refractivity contribution >= 4 is 0 Å². The molecule has 0 fully saturated rings. The van der Waals surface area contributed by atoms with Gasteiger partial charge >= 0.3 is 0 Å². The minimum atomic E-state index is 0.403. The smallest absolute Gasteiger partial charge is 0.00592 e. The molecule has 1 atom stereocenters. The van der Waals surface area contributed by atoms with Gasteiger partial charge in [0.05, 0.1) is 0 Å². The van der Waals surface area contributed by atoms with Crippen molar-refractivity contribution in [1.82, 2.24) is 0 Å². The Labute approximate surface area is 45.9 Å². The van der Waals surface area contributed by atoms with Crippen LogP contribution in [-0.4, -0.2) is 6.04 Å². The maximum absolute atomic E-state index is 5.62.